The third-order valence-electron chi connectivity index (χ3n) is 5.87. The molecule has 0 radical (unpaired) electrons. The summed E-state index contributed by atoms with van der Waals surface area (Å²) < 4.78 is 6.31. The Morgan fingerprint density at radius 2 is 1.23 bits per heavy atom. The first-order chi connectivity index (χ1) is 14.3. The Bertz CT molecular complexity index is 935. The molecule has 156 valence electrons. The Morgan fingerprint density at radius 3 is 1.60 bits per heavy atom. The summed E-state index contributed by atoms with van der Waals surface area (Å²) in [7, 11) is 0. The van der Waals surface area contributed by atoms with E-state index >= 15 is 0 Å². The van der Waals surface area contributed by atoms with E-state index in [-0.39, 0.29) is 11.6 Å². The Labute approximate surface area is 184 Å². The predicted octanol–water partition coefficient (Wildman–Crippen LogP) is 5.66. The first kappa shape index (κ1) is 21.1. The van der Waals surface area contributed by atoms with E-state index in [0.717, 1.165) is 28.2 Å². The second-order valence-corrected chi connectivity index (χ2v) is 15.3. The number of hydrogen-bond donors (Lipinski definition) is 0. The van der Waals surface area contributed by atoms with Crippen LogP contribution in [0.25, 0.3) is 0 Å². The van der Waals surface area contributed by atoms with Gasteiger partial charge in [0, 0.05) is 0 Å². The third-order valence-corrected chi connectivity index (χ3v) is 13.0. The van der Waals surface area contributed by atoms with E-state index in [1.165, 1.54) is 0 Å². The fraction of sp³-hybridized carbons (Fsp3) is 0.269. The average Bonchev–Trinajstić information content (AvgIpc) is 2.74. The Hall–Kier alpha value is -2.15. The van der Waals surface area contributed by atoms with Crippen molar-refractivity contribution in [1.29, 1.82) is 0 Å². The summed E-state index contributed by atoms with van der Waals surface area (Å²) in [6, 6.07) is 31.5. The molecule has 0 fully saturated rings. The van der Waals surface area contributed by atoms with E-state index in [4.69, 9.17) is 21.0 Å². The van der Waals surface area contributed by atoms with Gasteiger partial charge in [-0.1, -0.05) is 0 Å². The van der Waals surface area contributed by atoms with Crippen LogP contribution in [0.3, 0.4) is 0 Å². The SMILES string of the molecule is CC1CC(C)(C)N=C(CP(Cl)(c2ccccc2)(c2ccccc2)c2ccccc2)O1. The molecule has 1 atom stereocenters. The second kappa shape index (κ2) is 7.84. The number of halogens is 1. The van der Waals surface area contributed by atoms with Gasteiger partial charge in [-0.05, 0) is 0 Å². The van der Waals surface area contributed by atoms with Crippen LogP contribution >= 0.6 is 17.2 Å². The third kappa shape index (κ3) is 3.68. The Balaban J connectivity index is 2.03. The first-order valence-electron chi connectivity index (χ1n) is 10.5. The molecular formula is C26H29ClNOP. The van der Waals surface area contributed by atoms with E-state index in [1.807, 2.05) is 18.2 Å². The number of hydrogen-bond acceptors (Lipinski definition) is 2. The molecule has 1 heterocycles. The molecule has 0 N–H and O–H groups in total. The normalized spacial score (nSPS) is 19.8. The van der Waals surface area contributed by atoms with Crippen LogP contribution in [0.1, 0.15) is 27.2 Å². The zero-order valence-electron chi connectivity index (χ0n) is 17.8. The quantitative estimate of drug-likeness (QED) is 0.472. The van der Waals surface area contributed by atoms with Crippen molar-refractivity contribution >= 4 is 39.0 Å². The first-order valence-corrected chi connectivity index (χ1v) is 13.8. The summed E-state index contributed by atoms with van der Waals surface area (Å²) >= 11 is 8.12. The minimum absolute atomic E-state index is 0.111. The molecule has 0 saturated heterocycles. The minimum atomic E-state index is -3.41. The van der Waals surface area contributed by atoms with E-state index in [0.29, 0.717) is 6.16 Å². The van der Waals surface area contributed by atoms with Crippen molar-refractivity contribution in [3.63, 3.8) is 0 Å². The molecule has 4 heteroatoms. The van der Waals surface area contributed by atoms with Crippen LogP contribution in [-0.4, -0.2) is 23.7 Å². The second-order valence-electron chi connectivity index (χ2n) is 8.80. The van der Waals surface area contributed by atoms with Gasteiger partial charge in [-0.15, -0.1) is 0 Å². The van der Waals surface area contributed by atoms with Gasteiger partial charge < -0.3 is 0 Å². The van der Waals surface area contributed by atoms with Crippen LogP contribution in [0.15, 0.2) is 96.0 Å². The monoisotopic (exact) mass is 437 g/mol. The summed E-state index contributed by atoms with van der Waals surface area (Å²) in [4.78, 5) is 5.01. The number of rotatable bonds is 5. The van der Waals surface area contributed by atoms with Gasteiger partial charge in [-0.25, -0.2) is 0 Å². The molecule has 1 unspecified atom stereocenters. The molecule has 30 heavy (non-hydrogen) atoms. The Morgan fingerprint density at radius 1 is 0.833 bits per heavy atom. The van der Waals surface area contributed by atoms with Crippen molar-refractivity contribution in [2.24, 2.45) is 4.99 Å². The van der Waals surface area contributed by atoms with Gasteiger partial charge in [-0.3, -0.25) is 0 Å². The van der Waals surface area contributed by atoms with E-state index in [9.17, 15) is 0 Å². The van der Waals surface area contributed by atoms with Crippen LogP contribution in [-0.2, 0) is 4.74 Å². The maximum atomic E-state index is 8.12. The molecule has 4 rings (SSSR count). The zero-order valence-corrected chi connectivity index (χ0v) is 19.5. The molecule has 0 aromatic heterocycles. The summed E-state index contributed by atoms with van der Waals surface area (Å²) in [6.45, 7) is 6.46. The molecular weight excluding hydrogens is 409 g/mol. The molecule has 2 nitrogen and oxygen atoms in total. The van der Waals surface area contributed by atoms with Crippen LogP contribution < -0.4 is 15.9 Å². The summed E-state index contributed by atoms with van der Waals surface area (Å²) in [6.07, 6.45) is 1.57. The molecule has 1 aliphatic rings. The van der Waals surface area contributed by atoms with Crippen molar-refractivity contribution in [3.05, 3.63) is 91.0 Å². The molecule has 0 spiro atoms. The van der Waals surface area contributed by atoms with Crippen molar-refractivity contribution < 1.29 is 4.74 Å². The standard InChI is InChI=1S/C26H29ClNOP/c1-21-19-26(2,3)28-25(29-21)20-30(27,22-13-7-4-8-14-22,23-15-9-5-10-16-23)24-17-11-6-12-18-24/h4-18,21H,19-20H2,1-3H3. The molecule has 0 saturated carbocycles. The molecule has 0 amide bonds. The van der Waals surface area contributed by atoms with Gasteiger partial charge in [0.2, 0.25) is 0 Å². The van der Waals surface area contributed by atoms with Crippen LogP contribution in [0, 0.1) is 0 Å². The molecule has 1 aliphatic heterocycles. The fourth-order valence-corrected chi connectivity index (χ4v) is 10.4. The average molecular weight is 438 g/mol. The van der Waals surface area contributed by atoms with Crippen molar-refractivity contribution in [1.82, 2.24) is 0 Å². The van der Waals surface area contributed by atoms with E-state index < -0.39 is 5.96 Å². The zero-order chi connectivity index (χ0) is 21.3. The Kier molecular flexibility index (Phi) is 5.51. The summed E-state index contributed by atoms with van der Waals surface area (Å²) in [5, 5.41) is 3.39. The summed E-state index contributed by atoms with van der Waals surface area (Å²) in [5.74, 6) is -2.65. The summed E-state index contributed by atoms with van der Waals surface area (Å²) in [5.41, 5.74) is -0.164. The van der Waals surface area contributed by atoms with Crippen molar-refractivity contribution in [3.8, 4) is 0 Å². The molecule has 3 aromatic rings. The predicted molar refractivity (Wildman–Crippen MR) is 133 cm³/mol. The van der Waals surface area contributed by atoms with Crippen molar-refractivity contribution in [2.45, 2.75) is 38.8 Å². The van der Waals surface area contributed by atoms with Crippen molar-refractivity contribution in [2.75, 3.05) is 6.16 Å². The number of ether oxygens (including phenoxy) is 1. The topological polar surface area (TPSA) is 21.6 Å². The van der Waals surface area contributed by atoms with Gasteiger partial charge >= 0.3 is 185 Å². The van der Waals surface area contributed by atoms with Gasteiger partial charge in [0.25, 0.3) is 0 Å². The molecule has 3 aromatic carbocycles. The van der Waals surface area contributed by atoms with Gasteiger partial charge in [0.15, 0.2) is 0 Å². The number of benzene rings is 3. The van der Waals surface area contributed by atoms with Crippen LogP contribution in [0.4, 0.5) is 0 Å². The van der Waals surface area contributed by atoms with Gasteiger partial charge in [-0.2, -0.15) is 0 Å². The van der Waals surface area contributed by atoms with Crippen LogP contribution in [0.5, 0.6) is 0 Å². The molecule has 0 bridgehead atoms. The number of aliphatic imine (C=N–C) groups is 1. The molecule has 0 aliphatic carbocycles. The fourth-order valence-electron chi connectivity index (χ4n) is 4.65. The maximum absolute atomic E-state index is 8.12. The van der Waals surface area contributed by atoms with Crippen LogP contribution in [0.2, 0.25) is 0 Å². The van der Waals surface area contributed by atoms with E-state index in [1.54, 1.807) is 0 Å². The van der Waals surface area contributed by atoms with E-state index in [2.05, 4.69) is 93.6 Å². The van der Waals surface area contributed by atoms with Gasteiger partial charge in [0.05, 0.1) is 0 Å². The van der Waals surface area contributed by atoms with Gasteiger partial charge in [0.1, 0.15) is 0 Å². The number of nitrogens with zero attached hydrogens (tertiary/aromatic N) is 1.